The molecule has 2 rings (SSSR count). The molecule has 0 atom stereocenters. The Kier molecular flexibility index (Phi) is 5.74. The van der Waals surface area contributed by atoms with Crippen LogP contribution in [0.25, 0.3) is 0 Å². The number of carbonyl (C=O) groups excluding carboxylic acids is 1. The number of hydrogen-bond donors (Lipinski definition) is 2. The molecule has 1 heterocycles. The number of nitrogens with zero attached hydrogens (tertiary/aromatic N) is 1. The van der Waals surface area contributed by atoms with Crippen LogP contribution in [0.5, 0.6) is 5.75 Å². The van der Waals surface area contributed by atoms with E-state index in [2.05, 4.69) is 5.32 Å². The minimum Gasteiger partial charge on any atom is -0.481 e. The van der Waals surface area contributed by atoms with Crippen LogP contribution in [0.4, 0.5) is 4.79 Å². The second-order valence-electron chi connectivity index (χ2n) is 4.94. The van der Waals surface area contributed by atoms with Gasteiger partial charge in [0.25, 0.3) is 0 Å². The van der Waals surface area contributed by atoms with Gasteiger partial charge in [0.2, 0.25) is 0 Å². The molecule has 120 valence electrons. The minimum atomic E-state index is -0.805. The summed E-state index contributed by atoms with van der Waals surface area (Å²) in [4.78, 5) is 24.4. The summed E-state index contributed by atoms with van der Waals surface area (Å²) in [6, 6.07) is 4.53. The van der Waals surface area contributed by atoms with E-state index in [0.29, 0.717) is 41.7 Å². The number of rotatable bonds is 4. The zero-order valence-electron chi connectivity index (χ0n) is 11.7. The molecule has 1 aromatic carbocycles. The number of nitrogens with one attached hydrogen (secondary N) is 1. The highest BCUT2D eigenvalue weighted by Crippen LogP contribution is 2.27. The van der Waals surface area contributed by atoms with Gasteiger partial charge in [-0.2, -0.15) is 0 Å². The van der Waals surface area contributed by atoms with Crippen molar-refractivity contribution in [2.45, 2.75) is 12.8 Å². The van der Waals surface area contributed by atoms with Crippen molar-refractivity contribution in [2.24, 2.45) is 5.92 Å². The minimum absolute atomic E-state index is 0.0287. The topological polar surface area (TPSA) is 78.9 Å². The Labute approximate surface area is 137 Å². The predicted octanol–water partition coefficient (Wildman–Crippen LogP) is 2.84. The maximum atomic E-state index is 11.9. The van der Waals surface area contributed by atoms with E-state index in [4.69, 9.17) is 33.0 Å². The third-order valence-electron chi connectivity index (χ3n) is 3.48. The van der Waals surface area contributed by atoms with Crippen LogP contribution >= 0.6 is 23.2 Å². The van der Waals surface area contributed by atoms with Crippen LogP contribution in [0.1, 0.15) is 12.8 Å². The summed E-state index contributed by atoms with van der Waals surface area (Å²) in [7, 11) is 0. The molecule has 0 spiro atoms. The van der Waals surface area contributed by atoms with Crippen LogP contribution in [0, 0.1) is 5.92 Å². The standard InChI is InChI=1S/C14H16Cl2N2O4/c15-10-1-2-12(11(16)7-10)22-8-17-14(21)18-5-3-9(4-6-18)13(19)20/h1-2,7,9H,3-6,8H2,(H,17,21)(H,19,20). The lowest BCUT2D eigenvalue weighted by Gasteiger charge is -2.30. The molecule has 8 heteroatoms. The first-order chi connectivity index (χ1) is 10.5. The second kappa shape index (κ2) is 7.56. The summed E-state index contributed by atoms with van der Waals surface area (Å²) in [5.74, 6) is -0.745. The van der Waals surface area contributed by atoms with Crippen molar-refractivity contribution in [1.29, 1.82) is 0 Å². The molecule has 0 bridgehead atoms. The number of piperidine rings is 1. The van der Waals surface area contributed by atoms with Crippen molar-refractivity contribution in [2.75, 3.05) is 19.8 Å². The van der Waals surface area contributed by atoms with Crippen molar-refractivity contribution in [3.63, 3.8) is 0 Å². The van der Waals surface area contributed by atoms with Crippen molar-refractivity contribution < 1.29 is 19.4 Å². The molecule has 1 aromatic rings. The Morgan fingerprint density at radius 2 is 2.00 bits per heavy atom. The molecule has 2 amide bonds. The van der Waals surface area contributed by atoms with E-state index >= 15 is 0 Å². The van der Waals surface area contributed by atoms with Crippen LogP contribution in [0.15, 0.2) is 18.2 Å². The molecule has 1 fully saturated rings. The third-order valence-corrected chi connectivity index (χ3v) is 4.01. The zero-order valence-corrected chi connectivity index (χ0v) is 13.2. The molecular weight excluding hydrogens is 331 g/mol. The van der Waals surface area contributed by atoms with E-state index < -0.39 is 5.97 Å². The van der Waals surface area contributed by atoms with E-state index in [1.807, 2.05) is 0 Å². The maximum Gasteiger partial charge on any atom is 0.320 e. The molecule has 2 N–H and O–H groups in total. The monoisotopic (exact) mass is 346 g/mol. The first-order valence-corrected chi connectivity index (χ1v) is 7.56. The normalized spacial score (nSPS) is 15.5. The quantitative estimate of drug-likeness (QED) is 0.821. The van der Waals surface area contributed by atoms with Gasteiger partial charge in [-0.25, -0.2) is 4.79 Å². The Balaban J connectivity index is 1.75. The molecule has 1 aliphatic rings. The van der Waals surface area contributed by atoms with Gasteiger partial charge in [-0.15, -0.1) is 0 Å². The second-order valence-corrected chi connectivity index (χ2v) is 5.79. The van der Waals surface area contributed by atoms with E-state index in [9.17, 15) is 9.59 Å². The molecular formula is C14H16Cl2N2O4. The SMILES string of the molecule is O=C(O)C1CCN(C(=O)NCOc2ccc(Cl)cc2Cl)CC1. The summed E-state index contributed by atoms with van der Waals surface area (Å²) in [5.41, 5.74) is 0. The average Bonchev–Trinajstić information content (AvgIpc) is 2.49. The number of likely N-dealkylation sites (tertiary alicyclic amines) is 1. The molecule has 0 saturated carbocycles. The number of halogens is 2. The zero-order chi connectivity index (χ0) is 16.1. The Bertz CT molecular complexity index is 560. The van der Waals surface area contributed by atoms with Gasteiger partial charge in [0.05, 0.1) is 10.9 Å². The number of carboxylic acids is 1. The highest BCUT2D eigenvalue weighted by molar-refractivity contribution is 6.35. The smallest absolute Gasteiger partial charge is 0.320 e. The summed E-state index contributed by atoms with van der Waals surface area (Å²) in [6.07, 6.45) is 0.930. The van der Waals surface area contributed by atoms with Gasteiger partial charge in [-0.1, -0.05) is 23.2 Å². The summed E-state index contributed by atoms with van der Waals surface area (Å²) < 4.78 is 5.37. The third kappa shape index (κ3) is 4.42. The van der Waals surface area contributed by atoms with Crippen molar-refractivity contribution >= 4 is 35.2 Å². The Hall–Kier alpha value is -1.66. The lowest BCUT2D eigenvalue weighted by molar-refractivity contribution is -0.143. The summed E-state index contributed by atoms with van der Waals surface area (Å²) >= 11 is 11.7. The molecule has 22 heavy (non-hydrogen) atoms. The van der Waals surface area contributed by atoms with Crippen molar-refractivity contribution in [1.82, 2.24) is 10.2 Å². The highest BCUT2D eigenvalue weighted by atomic mass is 35.5. The number of amides is 2. The first kappa shape index (κ1) is 16.7. The predicted molar refractivity (Wildman–Crippen MR) is 82.4 cm³/mol. The van der Waals surface area contributed by atoms with Crippen molar-refractivity contribution in [3.05, 3.63) is 28.2 Å². The number of ether oxygens (including phenoxy) is 1. The van der Waals surface area contributed by atoms with Crippen LogP contribution in [-0.2, 0) is 4.79 Å². The summed E-state index contributed by atoms with van der Waals surface area (Å²) in [5, 5.41) is 12.4. The largest absolute Gasteiger partial charge is 0.481 e. The van der Waals surface area contributed by atoms with E-state index in [1.165, 1.54) is 0 Å². The molecule has 0 aromatic heterocycles. The number of carboxylic acid groups (broad SMARTS) is 1. The number of aliphatic carboxylic acids is 1. The lowest BCUT2D eigenvalue weighted by Crippen LogP contribution is -2.46. The van der Waals surface area contributed by atoms with Gasteiger partial charge in [0, 0.05) is 18.1 Å². The fraction of sp³-hybridized carbons (Fsp3) is 0.429. The molecule has 1 aliphatic heterocycles. The van der Waals surface area contributed by atoms with Gasteiger partial charge in [0.1, 0.15) is 5.75 Å². The lowest BCUT2D eigenvalue weighted by atomic mass is 9.97. The highest BCUT2D eigenvalue weighted by Gasteiger charge is 2.26. The van der Waals surface area contributed by atoms with Gasteiger partial charge >= 0.3 is 12.0 Å². The van der Waals surface area contributed by atoms with Gasteiger partial charge in [-0.3, -0.25) is 4.79 Å². The molecule has 6 nitrogen and oxygen atoms in total. The Morgan fingerprint density at radius 3 is 2.59 bits per heavy atom. The average molecular weight is 347 g/mol. The van der Waals surface area contributed by atoms with E-state index in [-0.39, 0.29) is 18.7 Å². The fourth-order valence-corrected chi connectivity index (χ4v) is 2.67. The van der Waals surface area contributed by atoms with Gasteiger partial charge in [-0.05, 0) is 31.0 Å². The van der Waals surface area contributed by atoms with Gasteiger partial charge < -0.3 is 20.1 Å². The molecule has 0 radical (unpaired) electrons. The van der Waals surface area contributed by atoms with E-state index in [0.717, 1.165) is 0 Å². The van der Waals surface area contributed by atoms with Crippen LogP contribution in [-0.4, -0.2) is 41.8 Å². The number of urea groups is 1. The Morgan fingerprint density at radius 1 is 1.32 bits per heavy atom. The van der Waals surface area contributed by atoms with Crippen LogP contribution < -0.4 is 10.1 Å². The van der Waals surface area contributed by atoms with Crippen LogP contribution in [0.2, 0.25) is 10.0 Å². The molecule has 1 saturated heterocycles. The first-order valence-electron chi connectivity index (χ1n) is 6.81. The molecule has 0 unspecified atom stereocenters. The number of hydrogen-bond acceptors (Lipinski definition) is 3. The maximum absolute atomic E-state index is 11.9. The number of benzene rings is 1. The van der Waals surface area contributed by atoms with Crippen LogP contribution in [0.3, 0.4) is 0 Å². The molecule has 0 aliphatic carbocycles. The van der Waals surface area contributed by atoms with Crippen molar-refractivity contribution in [3.8, 4) is 5.75 Å². The fourth-order valence-electron chi connectivity index (χ4n) is 2.21. The summed E-state index contributed by atoms with van der Waals surface area (Å²) in [6.45, 7) is 0.814. The number of carbonyl (C=O) groups is 2. The van der Waals surface area contributed by atoms with Gasteiger partial charge in [0.15, 0.2) is 6.73 Å². The van der Waals surface area contributed by atoms with E-state index in [1.54, 1.807) is 23.1 Å².